The van der Waals surface area contributed by atoms with Crippen LogP contribution in [-0.2, 0) is 0 Å². The van der Waals surface area contributed by atoms with Gasteiger partial charge < -0.3 is 5.11 Å². The SMILES string of the molecule is CN(CC(=O)c1ccc(Br)cc1)CC1(O)CCCC1. The van der Waals surface area contributed by atoms with Gasteiger partial charge in [0.15, 0.2) is 5.78 Å². The van der Waals surface area contributed by atoms with E-state index in [1.807, 2.05) is 36.2 Å². The Morgan fingerprint density at radius 2 is 1.89 bits per heavy atom. The minimum Gasteiger partial charge on any atom is -0.389 e. The molecule has 0 aromatic heterocycles. The van der Waals surface area contributed by atoms with Gasteiger partial charge in [0.1, 0.15) is 0 Å². The van der Waals surface area contributed by atoms with E-state index in [1.54, 1.807) is 0 Å². The second kappa shape index (κ2) is 6.16. The lowest BCUT2D eigenvalue weighted by molar-refractivity contribution is 0.0172. The highest BCUT2D eigenvalue weighted by molar-refractivity contribution is 9.10. The second-order valence-corrected chi connectivity index (χ2v) is 6.45. The Balaban J connectivity index is 1.89. The summed E-state index contributed by atoms with van der Waals surface area (Å²) in [5.41, 5.74) is 0.128. The fourth-order valence-electron chi connectivity index (χ4n) is 2.72. The minimum atomic E-state index is -0.589. The zero-order chi connectivity index (χ0) is 13.9. The lowest BCUT2D eigenvalue weighted by Gasteiger charge is -2.28. The van der Waals surface area contributed by atoms with Crippen LogP contribution in [0.5, 0.6) is 0 Å². The van der Waals surface area contributed by atoms with Crippen LogP contribution in [0.3, 0.4) is 0 Å². The molecule has 1 aromatic rings. The predicted molar refractivity (Wildman–Crippen MR) is 79.4 cm³/mol. The van der Waals surface area contributed by atoms with E-state index in [9.17, 15) is 9.90 Å². The van der Waals surface area contributed by atoms with Crippen molar-refractivity contribution in [3.05, 3.63) is 34.3 Å². The van der Waals surface area contributed by atoms with Crippen LogP contribution in [0.4, 0.5) is 0 Å². The van der Waals surface area contributed by atoms with Gasteiger partial charge in [-0.25, -0.2) is 0 Å². The average Bonchev–Trinajstić information content (AvgIpc) is 2.76. The van der Waals surface area contributed by atoms with Crippen molar-refractivity contribution in [2.45, 2.75) is 31.3 Å². The van der Waals surface area contributed by atoms with E-state index < -0.39 is 5.60 Å². The van der Waals surface area contributed by atoms with Gasteiger partial charge in [0, 0.05) is 16.6 Å². The fraction of sp³-hybridized carbons (Fsp3) is 0.533. The van der Waals surface area contributed by atoms with Gasteiger partial charge in [-0.05, 0) is 32.0 Å². The normalized spacial score (nSPS) is 17.9. The molecule has 2 rings (SSSR count). The van der Waals surface area contributed by atoms with Gasteiger partial charge in [0.2, 0.25) is 0 Å². The number of rotatable bonds is 5. The summed E-state index contributed by atoms with van der Waals surface area (Å²) >= 11 is 3.36. The Kier molecular flexibility index (Phi) is 4.76. The van der Waals surface area contributed by atoms with Gasteiger partial charge in [-0.1, -0.05) is 40.9 Å². The van der Waals surface area contributed by atoms with Crippen molar-refractivity contribution in [1.29, 1.82) is 0 Å². The van der Waals surface area contributed by atoms with Crippen LogP contribution in [0.25, 0.3) is 0 Å². The molecule has 0 bridgehead atoms. The second-order valence-electron chi connectivity index (χ2n) is 5.53. The summed E-state index contributed by atoms with van der Waals surface area (Å²) in [6.45, 7) is 0.930. The molecule has 104 valence electrons. The summed E-state index contributed by atoms with van der Waals surface area (Å²) < 4.78 is 0.970. The summed E-state index contributed by atoms with van der Waals surface area (Å²) in [6.07, 6.45) is 3.88. The molecule has 0 amide bonds. The molecule has 0 radical (unpaired) electrons. The van der Waals surface area contributed by atoms with E-state index in [0.29, 0.717) is 18.7 Å². The van der Waals surface area contributed by atoms with Crippen LogP contribution in [-0.4, -0.2) is 41.5 Å². The molecule has 1 aliphatic rings. The Morgan fingerprint density at radius 3 is 2.47 bits per heavy atom. The standard InChI is InChI=1S/C15H20BrNO2/c1-17(11-15(19)8-2-3-9-15)10-14(18)12-4-6-13(16)7-5-12/h4-7,19H,2-3,8-11H2,1H3. The molecular formula is C15H20BrNO2. The first-order valence-corrected chi connectivity index (χ1v) is 7.47. The van der Waals surface area contributed by atoms with Gasteiger partial charge in [-0.15, -0.1) is 0 Å². The van der Waals surface area contributed by atoms with Crippen molar-refractivity contribution in [3.8, 4) is 0 Å². The highest BCUT2D eigenvalue weighted by atomic mass is 79.9. The summed E-state index contributed by atoms with van der Waals surface area (Å²) in [5, 5.41) is 10.3. The number of hydrogen-bond donors (Lipinski definition) is 1. The van der Waals surface area contributed by atoms with Crippen LogP contribution < -0.4 is 0 Å². The average molecular weight is 326 g/mol. The van der Waals surface area contributed by atoms with Gasteiger partial charge in [-0.2, -0.15) is 0 Å². The molecule has 0 saturated heterocycles. The summed E-state index contributed by atoms with van der Waals surface area (Å²) in [5.74, 6) is 0.0941. The zero-order valence-corrected chi connectivity index (χ0v) is 12.8. The highest BCUT2D eigenvalue weighted by Gasteiger charge is 2.32. The Labute approximate surface area is 122 Å². The Hall–Kier alpha value is -0.710. The first-order chi connectivity index (χ1) is 8.98. The van der Waals surface area contributed by atoms with Crippen LogP contribution >= 0.6 is 15.9 Å². The molecule has 0 spiro atoms. The molecule has 0 heterocycles. The number of aliphatic hydroxyl groups is 1. The number of ketones is 1. The quantitative estimate of drug-likeness (QED) is 0.846. The fourth-order valence-corrected chi connectivity index (χ4v) is 2.99. The number of hydrogen-bond acceptors (Lipinski definition) is 3. The number of likely N-dealkylation sites (N-methyl/N-ethyl adjacent to an activating group) is 1. The number of halogens is 1. The first-order valence-electron chi connectivity index (χ1n) is 6.68. The van der Waals surface area contributed by atoms with Crippen LogP contribution in [0.1, 0.15) is 36.0 Å². The van der Waals surface area contributed by atoms with Gasteiger partial charge in [-0.3, -0.25) is 9.69 Å². The molecule has 0 atom stereocenters. The molecule has 1 N–H and O–H groups in total. The van der Waals surface area contributed by atoms with Crippen molar-refractivity contribution in [2.75, 3.05) is 20.1 Å². The van der Waals surface area contributed by atoms with E-state index >= 15 is 0 Å². The van der Waals surface area contributed by atoms with E-state index in [1.165, 1.54) is 0 Å². The topological polar surface area (TPSA) is 40.5 Å². The molecule has 0 aliphatic heterocycles. The molecule has 19 heavy (non-hydrogen) atoms. The third-order valence-corrected chi connectivity index (χ3v) is 4.21. The maximum absolute atomic E-state index is 12.1. The van der Waals surface area contributed by atoms with E-state index in [0.717, 1.165) is 30.2 Å². The third-order valence-electron chi connectivity index (χ3n) is 3.68. The van der Waals surface area contributed by atoms with Gasteiger partial charge >= 0.3 is 0 Å². The lowest BCUT2D eigenvalue weighted by Crippen LogP contribution is -2.41. The van der Waals surface area contributed by atoms with Crippen molar-refractivity contribution >= 4 is 21.7 Å². The molecule has 1 fully saturated rings. The number of carbonyl (C=O) groups excluding carboxylic acids is 1. The number of nitrogens with zero attached hydrogens (tertiary/aromatic N) is 1. The smallest absolute Gasteiger partial charge is 0.176 e. The summed E-state index contributed by atoms with van der Waals surface area (Å²) in [4.78, 5) is 14.0. The van der Waals surface area contributed by atoms with Crippen molar-refractivity contribution in [1.82, 2.24) is 4.90 Å². The van der Waals surface area contributed by atoms with Crippen molar-refractivity contribution < 1.29 is 9.90 Å². The molecule has 1 saturated carbocycles. The predicted octanol–water partition coefficient (Wildman–Crippen LogP) is 2.87. The molecule has 3 nitrogen and oxygen atoms in total. The zero-order valence-electron chi connectivity index (χ0n) is 11.2. The number of carbonyl (C=O) groups is 1. The summed E-state index contributed by atoms with van der Waals surface area (Å²) in [7, 11) is 1.90. The first kappa shape index (κ1) is 14.7. The largest absolute Gasteiger partial charge is 0.389 e. The van der Waals surface area contributed by atoms with Crippen LogP contribution in [0.15, 0.2) is 28.7 Å². The van der Waals surface area contributed by atoms with E-state index in [-0.39, 0.29) is 5.78 Å². The Morgan fingerprint density at radius 1 is 1.32 bits per heavy atom. The maximum Gasteiger partial charge on any atom is 0.176 e. The maximum atomic E-state index is 12.1. The molecule has 1 aromatic carbocycles. The van der Waals surface area contributed by atoms with Gasteiger partial charge in [0.05, 0.1) is 12.1 Å². The number of Topliss-reactive ketones (excluding diaryl/α,β-unsaturated/α-hetero) is 1. The third kappa shape index (κ3) is 4.13. The monoisotopic (exact) mass is 325 g/mol. The number of benzene rings is 1. The lowest BCUT2D eigenvalue weighted by atomic mass is 10.0. The van der Waals surface area contributed by atoms with Crippen molar-refractivity contribution in [3.63, 3.8) is 0 Å². The van der Waals surface area contributed by atoms with Gasteiger partial charge in [0.25, 0.3) is 0 Å². The molecular weight excluding hydrogens is 306 g/mol. The molecule has 0 unspecified atom stereocenters. The molecule has 4 heteroatoms. The highest BCUT2D eigenvalue weighted by Crippen LogP contribution is 2.29. The minimum absolute atomic E-state index is 0.0941. The van der Waals surface area contributed by atoms with E-state index in [4.69, 9.17) is 0 Å². The van der Waals surface area contributed by atoms with Crippen molar-refractivity contribution in [2.24, 2.45) is 0 Å². The Bertz CT molecular complexity index is 438. The van der Waals surface area contributed by atoms with Crippen LogP contribution in [0, 0.1) is 0 Å². The van der Waals surface area contributed by atoms with Crippen LogP contribution in [0.2, 0.25) is 0 Å². The molecule has 1 aliphatic carbocycles. The summed E-state index contributed by atoms with van der Waals surface area (Å²) in [6, 6.07) is 7.39. The van der Waals surface area contributed by atoms with E-state index in [2.05, 4.69) is 15.9 Å².